The van der Waals surface area contributed by atoms with Crippen molar-refractivity contribution in [2.24, 2.45) is 0 Å². The van der Waals surface area contributed by atoms with Crippen molar-refractivity contribution in [3.8, 4) is 0 Å². The number of benzene rings is 1. The molecule has 0 radical (unpaired) electrons. The molecule has 1 heterocycles. The number of carbonyl (C=O) groups is 1. The molecule has 0 spiro atoms. The van der Waals surface area contributed by atoms with E-state index in [4.69, 9.17) is 16.7 Å². The van der Waals surface area contributed by atoms with Crippen LogP contribution in [0.4, 0.5) is 5.69 Å². The van der Waals surface area contributed by atoms with E-state index in [2.05, 4.69) is 4.98 Å². The maximum atomic E-state index is 11.0. The molecule has 0 amide bonds. The second-order valence-corrected chi connectivity index (χ2v) is 6.75. The van der Waals surface area contributed by atoms with Gasteiger partial charge in [0.05, 0.1) is 22.1 Å². The number of aliphatic carboxylic acids is 1. The summed E-state index contributed by atoms with van der Waals surface area (Å²) in [5.41, 5.74) is 0.514. The second-order valence-electron chi connectivity index (χ2n) is 4.01. The number of thiazole rings is 1. The van der Waals surface area contributed by atoms with E-state index >= 15 is 0 Å². The Morgan fingerprint density at radius 3 is 2.90 bits per heavy atom. The van der Waals surface area contributed by atoms with Crippen molar-refractivity contribution >= 4 is 46.4 Å². The first-order chi connectivity index (χ1) is 9.88. The van der Waals surface area contributed by atoms with Crippen LogP contribution in [-0.4, -0.2) is 21.0 Å². The van der Waals surface area contributed by atoms with Crippen LogP contribution in [0.3, 0.4) is 0 Å². The second kappa shape index (κ2) is 6.42. The van der Waals surface area contributed by atoms with Crippen LogP contribution in [0.25, 0.3) is 0 Å². The fourth-order valence-electron chi connectivity index (χ4n) is 1.58. The van der Waals surface area contributed by atoms with Gasteiger partial charge in [-0.05, 0) is 13.0 Å². The number of halogens is 1. The van der Waals surface area contributed by atoms with Gasteiger partial charge in [0.1, 0.15) is 4.90 Å². The summed E-state index contributed by atoms with van der Waals surface area (Å²) in [4.78, 5) is 26.4. The van der Waals surface area contributed by atoms with Crippen molar-refractivity contribution in [3.05, 3.63) is 43.9 Å². The highest BCUT2D eigenvalue weighted by Gasteiger charge is 2.20. The maximum absolute atomic E-state index is 11.0. The van der Waals surface area contributed by atoms with Gasteiger partial charge in [-0.25, -0.2) is 4.98 Å². The number of hydrogen-bond donors (Lipinski definition) is 1. The lowest BCUT2D eigenvalue weighted by Crippen LogP contribution is -1.99. The van der Waals surface area contributed by atoms with E-state index in [1.54, 1.807) is 13.0 Å². The van der Waals surface area contributed by atoms with Gasteiger partial charge >= 0.3 is 5.97 Å². The van der Waals surface area contributed by atoms with Gasteiger partial charge in [0.15, 0.2) is 4.34 Å². The molecule has 0 unspecified atom stereocenters. The predicted molar refractivity (Wildman–Crippen MR) is 80.4 cm³/mol. The minimum Gasteiger partial charge on any atom is -0.481 e. The van der Waals surface area contributed by atoms with Crippen molar-refractivity contribution in [2.45, 2.75) is 22.6 Å². The summed E-state index contributed by atoms with van der Waals surface area (Å²) < 4.78 is 0.528. The first kappa shape index (κ1) is 15.7. The highest BCUT2D eigenvalue weighted by molar-refractivity contribution is 8.01. The first-order valence-corrected chi connectivity index (χ1v) is 7.68. The number of aryl methyl sites for hydroxylation is 1. The molecule has 0 aliphatic carbocycles. The Morgan fingerprint density at radius 1 is 1.57 bits per heavy atom. The number of nitro benzene ring substituents is 1. The third-order valence-electron chi connectivity index (χ3n) is 2.52. The number of carboxylic acid groups (broad SMARTS) is 1. The smallest absolute Gasteiger partial charge is 0.308 e. The van der Waals surface area contributed by atoms with Gasteiger partial charge in [-0.1, -0.05) is 29.4 Å². The molecule has 0 fully saturated rings. The Morgan fingerprint density at radius 2 is 2.29 bits per heavy atom. The van der Waals surface area contributed by atoms with Crippen molar-refractivity contribution in [3.63, 3.8) is 0 Å². The summed E-state index contributed by atoms with van der Waals surface area (Å²) in [6.45, 7) is 1.71. The molecule has 0 aliphatic heterocycles. The van der Waals surface area contributed by atoms with Gasteiger partial charge in [0.25, 0.3) is 5.69 Å². The van der Waals surface area contributed by atoms with Crippen molar-refractivity contribution in [2.75, 3.05) is 0 Å². The van der Waals surface area contributed by atoms with Crippen LogP contribution in [0, 0.1) is 17.0 Å². The molecular formula is C12H9ClN2O4S2. The Balaban J connectivity index is 2.35. The fourth-order valence-corrected chi connectivity index (χ4v) is 4.13. The van der Waals surface area contributed by atoms with Crippen molar-refractivity contribution in [1.82, 2.24) is 4.98 Å². The number of nitro groups is 1. The van der Waals surface area contributed by atoms with E-state index in [9.17, 15) is 14.9 Å². The summed E-state index contributed by atoms with van der Waals surface area (Å²) in [6.07, 6.45) is -0.116. The molecule has 9 heteroatoms. The molecule has 110 valence electrons. The van der Waals surface area contributed by atoms with Gasteiger partial charge < -0.3 is 5.11 Å². The maximum Gasteiger partial charge on any atom is 0.308 e. The molecule has 0 bridgehead atoms. The number of aromatic nitrogens is 1. The minimum absolute atomic E-state index is 0.0971. The molecule has 21 heavy (non-hydrogen) atoms. The Labute approximate surface area is 132 Å². The van der Waals surface area contributed by atoms with Gasteiger partial charge in [-0.2, -0.15) is 0 Å². The molecule has 2 aromatic rings. The van der Waals surface area contributed by atoms with E-state index in [0.717, 1.165) is 11.8 Å². The molecular weight excluding hydrogens is 336 g/mol. The lowest BCUT2D eigenvalue weighted by molar-refractivity contribution is -0.387. The molecule has 2 rings (SSSR count). The van der Waals surface area contributed by atoms with Crippen LogP contribution >= 0.6 is 34.7 Å². The van der Waals surface area contributed by atoms with Crippen LogP contribution in [0.15, 0.2) is 27.4 Å². The quantitative estimate of drug-likeness (QED) is 0.655. The van der Waals surface area contributed by atoms with E-state index in [-0.39, 0.29) is 17.1 Å². The largest absolute Gasteiger partial charge is 0.481 e. The van der Waals surface area contributed by atoms with Crippen LogP contribution in [-0.2, 0) is 11.2 Å². The van der Waals surface area contributed by atoms with E-state index in [1.165, 1.54) is 23.5 Å². The van der Waals surface area contributed by atoms with E-state index in [1.807, 2.05) is 0 Å². The molecule has 6 nitrogen and oxygen atoms in total. The average molecular weight is 345 g/mol. The Bertz CT molecular complexity index is 717. The number of nitrogens with zero attached hydrogens (tertiary/aromatic N) is 2. The van der Waals surface area contributed by atoms with Gasteiger partial charge in [0, 0.05) is 10.9 Å². The molecule has 0 atom stereocenters. The van der Waals surface area contributed by atoms with Crippen molar-refractivity contribution in [1.29, 1.82) is 0 Å². The standard InChI is InChI=1S/C12H9ClN2O4S2/c1-6-9(5-10(16)17)20-12(14-6)21-11-7(13)3-2-4-8(11)15(18)19/h2-4H,5H2,1H3,(H,16,17). The van der Waals surface area contributed by atoms with Gasteiger partial charge in [-0.15, -0.1) is 11.3 Å². The minimum atomic E-state index is -0.943. The highest BCUT2D eigenvalue weighted by Crippen LogP contribution is 2.41. The summed E-state index contributed by atoms with van der Waals surface area (Å²) >= 11 is 8.29. The van der Waals surface area contributed by atoms with Crippen molar-refractivity contribution < 1.29 is 14.8 Å². The number of hydrogen-bond acceptors (Lipinski definition) is 6. The normalized spacial score (nSPS) is 10.6. The summed E-state index contributed by atoms with van der Waals surface area (Å²) in [5, 5.41) is 20.1. The SMILES string of the molecule is Cc1nc(Sc2c(Cl)cccc2[N+](=O)[O-])sc1CC(=O)O. The summed E-state index contributed by atoms with van der Waals surface area (Å²) in [7, 11) is 0. The molecule has 0 saturated carbocycles. The Hall–Kier alpha value is -1.64. The van der Waals surface area contributed by atoms with Crippen LogP contribution in [0.2, 0.25) is 5.02 Å². The summed E-state index contributed by atoms with van der Waals surface area (Å²) in [5.74, 6) is -0.943. The van der Waals surface area contributed by atoms with Gasteiger partial charge in [-0.3, -0.25) is 14.9 Å². The van der Waals surface area contributed by atoms with E-state index < -0.39 is 10.9 Å². The molecule has 0 saturated heterocycles. The third-order valence-corrected chi connectivity index (χ3v) is 5.30. The Kier molecular flexibility index (Phi) is 4.81. The van der Waals surface area contributed by atoms with Crippen LogP contribution < -0.4 is 0 Å². The first-order valence-electron chi connectivity index (χ1n) is 5.67. The summed E-state index contributed by atoms with van der Waals surface area (Å²) in [6, 6.07) is 4.44. The topological polar surface area (TPSA) is 93.3 Å². The zero-order valence-corrected chi connectivity index (χ0v) is 13.1. The molecule has 1 aromatic carbocycles. The zero-order valence-electron chi connectivity index (χ0n) is 10.7. The molecule has 1 N–H and O–H groups in total. The average Bonchev–Trinajstić information content (AvgIpc) is 2.71. The predicted octanol–water partition coefficient (Wildman–Crippen LogP) is 3.79. The zero-order chi connectivity index (χ0) is 15.6. The van der Waals surface area contributed by atoms with Gasteiger partial charge in [0.2, 0.25) is 0 Å². The van der Waals surface area contributed by atoms with Crippen LogP contribution in [0.1, 0.15) is 10.6 Å². The monoisotopic (exact) mass is 344 g/mol. The number of rotatable bonds is 5. The lowest BCUT2D eigenvalue weighted by atomic mass is 10.3. The lowest BCUT2D eigenvalue weighted by Gasteiger charge is -2.02. The highest BCUT2D eigenvalue weighted by atomic mass is 35.5. The van der Waals surface area contributed by atoms with E-state index in [0.29, 0.717) is 19.8 Å². The fraction of sp³-hybridized carbons (Fsp3) is 0.167. The molecule has 0 aliphatic rings. The number of carboxylic acids is 1. The molecule has 1 aromatic heterocycles. The van der Waals surface area contributed by atoms with Crippen LogP contribution in [0.5, 0.6) is 0 Å². The third kappa shape index (κ3) is 3.72.